The van der Waals surface area contributed by atoms with Crippen LogP contribution in [0.4, 0.5) is 0 Å². The van der Waals surface area contributed by atoms with Gasteiger partial charge in [-0.3, -0.25) is 0 Å². The van der Waals surface area contributed by atoms with Crippen LogP contribution in [0, 0.1) is 20.8 Å². The minimum Gasteiger partial charge on any atom is -0.327 e. The number of fused-ring (bicyclic) bond motifs is 1. The van der Waals surface area contributed by atoms with Gasteiger partial charge in [0.05, 0.1) is 5.69 Å². The van der Waals surface area contributed by atoms with Crippen LogP contribution in [0.5, 0.6) is 0 Å². The van der Waals surface area contributed by atoms with E-state index in [1.54, 1.807) is 0 Å². The zero-order valence-corrected chi connectivity index (χ0v) is 13.8. The molecule has 2 heterocycles. The quantitative estimate of drug-likeness (QED) is 0.867. The number of rotatable bonds is 1. The lowest BCUT2D eigenvalue weighted by atomic mass is 9.93. The number of aryl methyl sites for hydroxylation is 3. The number of imidazole rings is 1. The zero-order valence-electron chi connectivity index (χ0n) is 12.2. The molecule has 0 bridgehead atoms. The molecule has 0 saturated carbocycles. The molecular formula is C16H20BrN3. The Morgan fingerprint density at radius 2 is 1.90 bits per heavy atom. The number of benzene rings is 1. The molecule has 1 aromatic carbocycles. The van der Waals surface area contributed by atoms with Crippen LogP contribution >= 0.6 is 15.9 Å². The van der Waals surface area contributed by atoms with Gasteiger partial charge < -0.3 is 10.3 Å². The third-order valence-corrected chi connectivity index (χ3v) is 4.72. The fourth-order valence-corrected chi connectivity index (χ4v) is 3.86. The van der Waals surface area contributed by atoms with E-state index in [1.807, 2.05) is 0 Å². The molecule has 2 aromatic rings. The van der Waals surface area contributed by atoms with Gasteiger partial charge in [-0.15, -0.1) is 0 Å². The van der Waals surface area contributed by atoms with Gasteiger partial charge in [-0.05, 0) is 54.2 Å². The summed E-state index contributed by atoms with van der Waals surface area (Å²) in [6.45, 7) is 7.42. The van der Waals surface area contributed by atoms with Gasteiger partial charge in [0.2, 0.25) is 0 Å². The smallest absolute Gasteiger partial charge is 0.177 e. The molecule has 0 aliphatic carbocycles. The largest absolute Gasteiger partial charge is 0.327 e. The molecule has 20 heavy (non-hydrogen) atoms. The van der Waals surface area contributed by atoms with Crippen molar-refractivity contribution in [2.45, 2.75) is 46.2 Å². The molecule has 3 nitrogen and oxygen atoms in total. The lowest BCUT2D eigenvalue weighted by molar-refractivity contribution is 0.467. The summed E-state index contributed by atoms with van der Waals surface area (Å²) in [5.74, 6) is 0. The fourth-order valence-electron chi connectivity index (χ4n) is 3.29. The molecular weight excluding hydrogens is 314 g/mol. The maximum absolute atomic E-state index is 6.15. The molecule has 0 amide bonds. The molecule has 1 aromatic heterocycles. The highest BCUT2D eigenvalue weighted by Crippen LogP contribution is 2.34. The van der Waals surface area contributed by atoms with Crippen LogP contribution in [-0.2, 0) is 13.0 Å². The summed E-state index contributed by atoms with van der Waals surface area (Å²) in [5, 5.41) is 0. The molecule has 1 aliphatic heterocycles. The minimum absolute atomic E-state index is 0.246. The van der Waals surface area contributed by atoms with Crippen molar-refractivity contribution in [3.8, 4) is 11.3 Å². The van der Waals surface area contributed by atoms with Crippen molar-refractivity contribution in [2.24, 2.45) is 5.73 Å². The van der Waals surface area contributed by atoms with E-state index in [2.05, 4.69) is 53.4 Å². The minimum atomic E-state index is 0.246. The van der Waals surface area contributed by atoms with Crippen molar-refractivity contribution in [2.75, 3.05) is 0 Å². The van der Waals surface area contributed by atoms with Crippen molar-refractivity contribution in [3.05, 3.63) is 39.3 Å². The van der Waals surface area contributed by atoms with Gasteiger partial charge in [-0.2, -0.15) is 0 Å². The lowest BCUT2D eigenvalue weighted by Crippen LogP contribution is -2.30. The van der Waals surface area contributed by atoms with E-state index in [0.29, 0.717) is 0 Å². The van der Waals surface area contributed by atoms with E-state index >= 15 is 0 Å². The molecule has 106 valence electrons. The Bertz CT molecular complexity index is 650. The van der Waals surface area contributed by atoms with Gasteiger partial charge in [-0.1, -0.05) is 17.7 Å². The summed E-state index contributed by atoms with van der Waals surface area (Å²) in [5.41, 5.74) is 13.7. The second kappa shape index (κ2) is 5.01. The number of aromatic nitrogens is 2. The van der Waals surface area contributed by atoms with Crippen LogP contribution in [0.1, 0.15) is 28.8 Å². The van der Waals surface area contributed by atoms with E-state index in [0.717, 1.165) is 29.8 Å². The van der Waals surface area contributed by atoms with Gasteiger partial charge in [0.25, 0.3) is 0 Å². The molecule has 0 fully saturated rings. The molecule has 0 saturated heterocycles. The predicted octanol–water partition coefficient (Wildman–Crippen LogP) is 3.51. The van der Waals surface area contributed by atoms with Crippen LogP contribution in [-0.4, -0.2) is 15.6 Å². The summed E-state index contributed by atoms with van der Waals surface area (Å²) in [7, 11) is 0. The number of halogens is 1. The van der Waals surface area contributed by atoms with Gasteiger partial charge in [0.1, 0.15) is 0 Å². The molecule has 3 rings (SSSR count). The van der Waals surface area contributed by atoms with E-state index < -0.39 is 0 Å². The summed E-state index contributed by atoms with van der Waals surface area (Å²) in [4.78, 5) is 4.77. The molecule has 0 radical (unpaired) electrons. The van der Waals surface area contributed by atoms with Crippen LogP contribution in [0.15, 0.2) is 16.9 Å². The van der Waals surface area contributed by atoms with E-state index in [-0.39, 0.29) is 6.04 Å². The van der Waals surface area contributed by atoms with Crippen molar-refractivity contribution in [1.82, 2.24) is 9.55 Å². The Labute approximate surface area is 128 Å². The summed E-state index contributed by atoms with van der Waals surface area (Å²) >= 11 is 3.59. The zero-order chi connectivity index (χ0) is 14.4. The second-order valence-electron chi connectivity index (χ2n) is 5.85. The predicted molar refractivity (Wildman–Crippen MR) is 85.9 cm³/mol. The number of hydrogen-bond donors (Lipinski definition) is 1. The number of nitrogens with two attached hydrogens (primary N) is 1. The van der Waals surface area contributed by atoms with Gasteiger partial charge >= 0.3 is 0 Å². The maximum Gasteiger partial charge on any atom is 0.177 e. The first-order valence-corrected chi connectivity index (χ1v) is 7.85. The molecule has 0 spiro atoms. The van der Waals surface area contributed by atoms with Crippen LogP contribution in [0.3, 0.4) is 0 Å². The van der Waals surface area contributed by atoms with Gasteiger partial charge in [0, 0.05) is 30.3 Å². The fraction of sp³-hybridized carbons (Fsp3) is 0.438. The lowest BCUT2D eigenvalue weighted by Gasteiger charge is -2.22. The first kappa shape index (κ1) is 13.8. The van der Waals surface area contributed by atoms with E-state index in [9.17, 15) is 0 Å². The molecule has 4 heteroatoms. The SMILES string of the molecule is Cc1cc(C)c(-c2nc(Br)n3c2CC(N)CC3)c(C)c1. The van der Waals surface area contributed by atoms with Crippen LogP contribution < -0.4 is 5.73 Å². The Morgan fingerprint density at radius 3 is 2.55 bits per heavy atom. The summed E-state index contributed by atoms with van der Waals surface area (Å²) < 4.78 is 3.19. The van der Waals surface area contributed by atoms with Gasteiger partial charge in [0.15, 0.2) is 4.73 Å². The van der Waals surface area contributed by atoms with Crippen LogP contribution in [0.25, 0.3) is 11.3 Å². The van der Waals surface area contributed by atoms with Crippen molar-refractivity contribution >= 4 is 15.9 Å². The van der Waals surface area contributed by atoms with Gasteiger partial charge in [-0.25, -0.2) is 4.98 Å². The summed E-state index contributed by atoms with van der Waals surface area (Å²) in [6, 6.07) is 4.70. The number of hydrogen-bond acceptors (Lipinski definition) is 2. The molecule has 1 unspecified atom stereocenters. The van der Waals surface area contributed by atoms with Crippen molar-refractivity contribution < 1.29 is 0 Å². The van der Waals surface area contributed by atoms with E-state index in [1.165, 1.54) is 27.9 Å². The van der Waals surface area contributed by atoms with Crippen LogP contribution in [0.2, 0.25) is 0 Å². The van der Waals surface area contributed by atoms with Crippen molar-refractivity contribution in [1.29, 1.82) is 0 Å². The molecule has 2 N–H and O–H groups in total. The highest BCUT2D eigenvalue weighted by molar-refractivity contribution is 9.10. The highest BCUT2D eigenvalue weighted by atomic mass is 79.9. The standard InChI is InChI=1S/C16H20BrN3/c1-9-6-10(2)14(11(3)7-9)15-13-8-12(18)4-5-20(13)16(17)19-15/h6-7,12H,4-5,8,18H2,1-3H3. The Morgan fingerprint density at radius 1 is 1.25 bits per heavy atom. The number of nitrogens with zero attached hydrogens (tertiary/aromatic N) is 2. The maximum atomic E-state index is 6.15. The average molecular weight is 334 g/mol. The monoisotopic (exact) mass is 333 g/mol. The topological polar surface area (TPSA) is 43.8 Å². The first-order chi connectivity index (χ1) is 9.47. The van der Waals surface area contributed by atoms with E-state index in [4.69, 9.17) is 10.7 Å². The average Bonchev–Trinajstić information content (AvgIpc) is 2.65. The Balaban J connectivity index is 2.21. The Hall–Kier alpha value is -1.13. The first-order valence-electron chi connectivity index (χ1n) is 7.06. The second-order valence-corrected chi connectivity index (χ2v) is 6.56. The van der Waals surface area contributed by atoms with Crippen molar-refractivity contribution in [3.63, 3.8) is 0 Å². The summed E-state index contributed by atoms with van der Waals surface area (Å²) in [6.07, 6.45) is 1.92. The third kappa shape index (κ3) is 2.21. The normalized spacial score (nSPS) is 18.1. The third-order valence-electron chi connectivity index (χ3n) is 4.12. The molecule has 1 atom stereocenters. The molecule has 1 aliphatic rings. The Kier molecular flexibility index (Phi) is 3.46. The highest BCUT2D eigenvalue weighted by Gasteiger charge is 2.25.